The number of ether oxygens (including phenoxy) is 1. The molecule has 2 atom stereocenters. The van der Waals surface area contributed by atoms with Crippen LogP contribution in [0.3, 0.4) is 0 Å². The van der Waals surface area contributed by atoms with Gasteiger partial charge in [-0.2, -0.15) is 0 Å². The van der Waals surface area contributed by atoms with Crippen LogP contribution in [0.15, 0.2) is 29.2 Å². The fraction of sp³-hybridized carbons (Fsp3) is 0.429. The molecule has 1 aliphatic rings. The minimum absolute atomic E-state index is 0.0823. The van der Waals surface area contributed by atoms with Crippen LogP contribution >= 0.6 is 11.8 Å². The summed E-state index contributed by atoms with van der Waals surface area (Å²) in [5.41, 5.74) is 0. The zero-order valence-corrected chi connectivity index (χ0v) is 12.4. The molecule has 1 aromatic carbocycles. The highest BCUT2D eigenvalue weighted by atomic mass is 32.2. The summed E-state index contributed by atoms with van der Waals surface area (Å²) in [5.74, 6) is -0.476. The number of carbonyl (C=O) groups is 2. The molecule has 0 unspecified atom stereocenters. The van der Waals surface area contributed by atoms with Crippen molar-refractivity contribution in [2.45, 2.75) is 23.5 Å². The van der Waals surface area contributed by atoms with E-state index in [2.05, 4.69) is 0 Å². The number of aliphatic hydroxyl groups excluding tert-OH is 1. The van der Waals surface area contributed by atoms with Gasteiger partial charge in [-0.1, -0.05) is 0 Å². The van der Waals surface area contributed by atoms with Crippen LogP contribution in [0, 0.1) is 0 Å². The number of nitrogens with zero attached hydrogens (tertiary/aromatic N) is 1. The van der Waals surface area contributed by atoms with Gasteiger partial charge < -0.3 is 19.8 Å². The molecule has 0 saturated carbocycles. The lowest BCUT2D eigenvalue weighted by molar-refractivity contribution is -0.147. The maximum Gasteiger partial charge on any atom is 0.326 e. The van der Waals surface area contributed by atoms with E-state index in [1.165, 1.54) is 16.7 Å². The summed E-state index contributed by atoms with van der Waals surface area (Å²) in [6.07, 6.45) is -0.671. The topological polar surface area (TPSA) is 87.1 Å². The molecule has 0 spiro atoms. The van der Waals surface area contributed by atoms with E-state index in [4.69, 9.17) is 9.84 Å². The van der Waals surface area contributed by atoms with E-state index >= 15 is 0 Å². The van der Waals surface area contributed by atoms with Gasteiger partial charge in [0.2, 0.25) is 5.91 Å². The number of methoxy groups -OCH3 is 1. The molecule has 0 aromatic heterocycles. The van der Waals surface area contributed by atoms with E-state index in [-0.39, 0.29) is 24.6 Å². The van der Waals surface area contributed by atoms with Crippen LogP contribution in [0.25, 0.3) is 0 Å². The SMILES string of the molecule is COc1ccc(SCC(=O)N2C[C@H](O)C[C@@H]2C(=O)O)cc1. The molecule has 0 radical (unpaired) electrons. The van der Waals surface area contributed by atoms with Gasteiger partial charge in [0.25, 0.3) is 0 Å². The normalized spacial score (nSPS) is 21.3. The summed E-state index contributed by atoms with van der Waals surface area (Å²) >= 11 is 1.33. The summed E-state index contributed by atoms with van der Waals surface area (Å²) in [6, 6.07) is 6.34. The summed E-state index contributed by atoms with van der Waals surface area (Å²) in [7, 11) is 1.58. The van der Waals surface area contributed by atoms with E-state index in [1.54, 1.807) is 19.2 Å². The van der Waals surface area contributed by atoms with Gasteiger partial charge in [-0.05, 0) is 24.3 Å². The fourth-order valence-corrected chi connectivity index (χ4v) is 3.01. The van der Waals surface area contributed by atoms with Crippen molar-refractivity contribution in [3.8, 4) is 5.75 Å². The lowest BCUT2D eigenvalue weighted by Crippen LogP contribution is -2.41. The molecule has 6 nitrogen and oxygen atoms in total. The van der Waals surface area contributed by atoms with E-state index in [0.29, 0.717) is 0 Å². The maximum absolute atomic E-state index is 12.1. The Morgan fingerprint density at radius 2 is 2.05 bits per heavy atom. The van der Waals surface area contributed by atoms with Gasteiger partial charge in [-0.25, -0.2) is 4.79 Å². The first-order chi connectivity index (χ1) is 10.0. The molecule has 21 heavy (non-hydrogen) atoms. The van der Waals surface area contributed by atoms with Crippen LogP contribution in [0.2, 0.25) is 0 Å². The van der Waals surface area contributed by atoms with Crippen molar-refractivity contribution in [1.29, 1.82) is 0 Å². The van der Waals surface area contributed by atoms with Crippen molar-refractivity contribution >= 4 is 23.6 Å². The van der Waals surface area contributed by atoms with Crippen LogP contribution < -0.4 is 4.74 Å². The summed E-state index contributed by atoms with van der Waals surface area (Å²) in [5, 5.41) is 18.6. The van der Waals surface area contributed by atoms with Gasteiger partial charge in [0.15, 0.2) is 0 Å². The van der Waals surface area contributed by atoms with Gasteiger partial charge in [0, 0.05) is 17.9 Å². The van der Waals surface area contributed by atoms with Crippen molar-refractivity contribution in [3.05, 3.63) is 24.3 Å². The van der Waals surface area contributed by atoms with Crippen molar-refractivity contribution < 1.29 is 24.5 Å². The zero-order chi connectivity index (χ0) is 15.4. The highest BCUT2D eigenvalue weighted by molar-refractivity contribution is 8.00. The first kappa shape index (κ1) is 15.7. The molecular formula is C14H17NO5S. The van der Waals surface area contributed by atoms with Gasteiger partial charge in [0.05, 0.1) is 19.0 Å². The largest absolute Gasteiger partial charge is 0.497 e. The zero-order valence-electron chi connectivity index (χ0n) is 11.6. The Bertz CT molecular complexity index is 519. The summed E-state index contributed by atoms with van der Waals surface area (Å²) in [6.45, 7) is 0.0823. The third-order valence-electron chi connectivity index (χ3n) is 3.31. The lowest BCUT2D eigenvalue weighted by Gasteiger charge is -2.20. The van der Waals surface area contributed by atoms with Crippen molar-refractivity contribution in [2.24, 2.45) is 0 Å². The van der Waals surface area contributed by atoms with Crippen LogP contribution in [-0.2, 0) is 9.59 Å². The van der Waals surface area contributed by atoms with Gasteiger partial charge in [-0.15, -0.1) is 11.8 Å². The number of hydrogen-bond acceptors (Lipinski definition) is 5. The number of amides is 1. The average molecular weight is 311 g/mol. The first-order valence-electron chi connectivity index (χ1n) is 6.48. The number of β-amino-alcohol motifs (C(OH)–C–C–N with tert-alkyl or cyclic N) is 1. The Kier molecular flexibility index (Phi) is 5.08. The Labute approximate surface area is 126 Å². The molecule has 1 fully saturated rings. The van der Waals surface area contributed by atoms with E-state index in [1.807, 2.05) is 12.1 Å². The van der Waals surface area contributed by atoms with Gasteiger partial charge in [0.1, 0.15) is 11.8 Å². The van der Waals surface area contributed by atoms with Crippen molar-refractivity contribution in [3.63, 3.8) is 0 Å². The predicted molar refractivity (Wildman–Crippen MR) is 77.5 cm³/mol. The number of thioether (sulfide) groups is 1. The number of likely N-dealkylation sites (tertiary alicyclic amines) is 1. The third kappa shape index (κ3) is 3.89. The highest BCUT2D eigenvalue weighted by Crippen LogP contribution is 2.24. The second kappa shape index (κ2) is 6.82. The molecule has 1 saturated heterocycles. The number of benzene rings is 1. The quantitative estimate of drug-likeness (QED) is 0.783. The smallest absolute Gasteiger partial charge is 0.326 e. The number of carboxylic acids is 1. The minimum Gasteiger partial charge on any atom is -0.497 e. The maximum atomic E-state index is 12.1. The second-order valence-electron chi connectivity index (χ2n) is 4.75. The number of rotatable bonds is 5. The predicted octanol–water partition coefficient (Wildman–Crippen LogP) is 0.834. The molecule has 114 valence electrons. The molecule has 0 aliphatic carbocycles. The van der Waals surface area contributed by atoms with Crippen molar-refractivity contribution in [1.82, 2.24) is 4.90 Å². The number of aliphatic carboxylic acids is 1. The Morgan fingerprint density at radius 1 is 1.38 bits per heavy atom. The molecular weight excluding hydrogens is 294 g/mol. The molecule has 1 amide bonds. The first-order valence-corrected chi connectivity index (χ1v) is 7.47. The molecule has 7 heteroatoms. The van der Waals surface area contributed by atoms with Crippen LogP contribution in [-0.4, -0.2) is 58.5 Å². The monoisotopic (exact) mass is 311 g/mol. The second-order valence-corrected chi connectivity index (χ2v) is 5.80. The highest BCUT2D eigenvalue weighted by Gasteiger charge is 2.38. The molecule has 1 aromatic rings. The molecule has 0 bridgehead atoms. The van der Waals surface area contributed by atoms with Crippen molar-refractivity contribution in [2.75, 3.05) is 19.4 Å². The minimum atomic E-state index is -1.07. The van der Waals surface area contributed by atoms with Gasteiger partial charge >= 0.3 is 5.97 Å². The molecule has 1 heterocycles. The number of carboxylic acid groups (broad SMARTS) is 1. The lowest BCUT2D eigenvalue weighted by atomic mass is 10.2. The molecule has 1 aliphatic heterocycles. The van der Waals surface area contributed by atoms with Crippen LogP contribution in [0.4, 0.5) is 0 Å². The van der Waals surface area contributed by atoms with Crippen LogP contribution in [0.5, 0.6) is 5.75 Å². The average Bonchev–Trinajstić information content (AvgIpc) is 2.87. The molecule has 2 N–H and O–H groups in total. The number of carbonyl (C=O) groups excluding carboxylic acids is 1. The van der Waals surface area contributed by atoms with Crippen LogP contribution in [0.1, 0.15) is 6.42 Å². The molecule has 2 rings (SSSR count). The van der Waals surface area contributed by atoms with Gasteiger partial charge in [-0.3, -0.25) is 4.79 Å². The Morgan fingerprint density at radius 3 is 2.62 bits per heavy atom. The Balaban J connectivity index is 1.92. The van der Waals surface area contributed by atoms with E-state index < -0.39 is 18.1 Å². The number of aliphatic hydroxyl groups is 1. The summed E-state index contributed by atoms with van der Waals surface area (Å²) in [4.78, 5) is 25.3. The third-order valence-corrected chi connectivity index (χ3v) is 4.30. The number of hydrogen-bond donors (Lipinski definition) is 2. The van der Waals surface area contributed by atoms with E-state index in [9.17, 15) is 14.7 Å². The Hall–Kier alpha value is -1.73. The van der Waals surface area contributed by atoms with E-state index in [0.717, 1.165) is 10.6 Å². The summed E-state index contributed by atoms with van der Waals surface area (Å²) < 4.78 is 5.05. The standard InChI is InChI=1S/C14H17NO5S/c1-20-10-2-4-11(5-3-10)21-8-13(17)15-7-9(16)6-12(15)14(18)19/h2-5,9,12,16H,6-8H2,1H3,(H,18,19)/t9-,12-/m1/s1. The fourth-order valence-electron chi connectivity index (χ4n) is 2.22.